The summed E-state index contributed by atoms with van der Waals surface area (Å²) in [5, 5.41) is 0. The van der Waals surface area contributed by atoms with Gasteiger partial charge in [-0.1, -0.05) is 48.5 Å². The van der Waals surface area contributed by atoms with Crippen molar-refractivity contribution in [3.05, 3.63) is 99.4 Å². The lowest BCUT2D eigenvalue weighted by molar-refractivity contribution is 0.0723. The van der Waals surface area contributed by atoms with Gasteiger partial charge in [-0.05, 0) is 77.2 Å². The molecule has 1 aromatic heterocycles. The number of hydrogen-bond acceptors (Lipinski definition) is 2. The Labute approximate surface area is 196 Å². The van der Waals surface area contributed by atoms with Gasteiger partial charge in [-0.15, -0.1) is 0 Å². The van der Waals surface area contributed by atoms with Crippen molar-refractivity contribution in [1.82, 2.24) is 14.5 Å². The van der Waals surface area contributed by atoms with Crippen LogP contribution in [0.25, 0.3) is 11.0 Å². The lowest BCUT2D eigenvalue weighted by Gasteiger charge is -2.23. The normalized spacial score (nSPS) is 13.5. The third kappa shape index (κ3) is 4.66. The summed E-state index contributed by atoms with van der Waals surface area (Å²) < 4.78 is 3.39. The fraction of sp³-hybridized carbons (Fsp3) is 0.231. The van der Waals surface area contributed by atoms with Gasteiger partial charge in [-0.2, -0.15) is 0 Å². The Morgan fingerprint density at radius 1 is 0.968 bits per heavy atom. The number of imidazole rings is 1. The number of hydrogen-bond donors (Lipinski definition) is 0. The molecule has 0 bridgehead atoms. The van der Waals surface area contributed by atoms with E-state index >= 15 is 0 Å². The van der Waals surface area contributed by atoms with Crippen LogP contribution in [0.1, 0.15) is 34.6 Å². The van der Waals surface area contributed by atoms with Crippen molar-refractivity contribution in [2.24, 2.45) is 5.92 Å². The van der Waals surface area contributed by atoms with Crippen molar-refractivity contribution in [2.75, 3.05) is 0 Å². The van der Waals surface area contributed by atoms with Crippen LogP contribution in [0.3, 0.4) is 0 Å². The smallest absolute Gasteiger partial charge is 0.254 e. The first-order chi connectivity index (χ1) is 15.2. The molecule has 4 nitrogen and oxygen atoms in total. The molecule has 1 heterocycles. The summed E-state index contributed by atoms with van der Waals surface area (Å²) in [5.41, 5.74) is 3.99. The van der Waals surface area contributed by atoms with Crippen LogP contribution < -0.4 is 0 Å². The Kier molecular flexibility index (Phi) is 5.76. The average Bonchev–Trinajstić information content (AvgIpc) is 3.55. The van der Waals surface area contributed by atoms with Crippen molar-refractivity contribution < 1.29 is 4.79 Å². The van der Waals surface area contributed by atoms with E-state index in [0.29, 0.717) is 18.7 Å². The molecular weight excluding hydrogens is 497 g/mol. The van der Waals surface area contributed by atoms with E-state index in [2.05, 4.69) is 57.5 Å². The van der Waals surface area contributed by atoms with E-state index in [4.69, 9.17) is 4.98 Å². The largest absolute Gasteiger partial charge is 0.327 e. The molecule has 1 saturated carbocycles. The zero-order valence-electron chi connectivity index (χ0n) is 17.2. The summed E-state index contributed by atoms with van der Waals surface area (Å²) >= 11 is 2.26. The predicted molar refractivity (Wildman–Crippen MR) is 132 cm³/mol. The Balaban J connectivity index is 1.51. The zero-order chi connectivity index (χ0) is 21.2. The predicted octanol–water partition coefficient (Wildman–Crippen LogP) is 5.89. The summed E-state index contributed by atoms with van der Waals surface area (Å²) in [6, 6.07) is 26.3. The van der Waals surface area contributed by atoms with Gasteiger partial charge >= 0.3 is 0 Å². The molecule has 3 aromatic carbocycles. The molecule has 5 rings (SSSR count). The van der Waals surface area contributed by atoms with Crippen molar-refractivity contribution in [3.8, 4) is 0 Å². The lowest BCUT2D eigenvalue weighted by atomic mass is 10.1. The van der Waals surface area contributed by atoms with Crippen LogP contribution in [0.2, 0.25) is 0 Å². The van der Waals surface area contributed by atoms with Gasteiger partial charge in [-0.25, -0.2) is 4.98 Å². The molecule has 31 heavy (non-hydrogen) atoms. The van der Waals surface area contributed by atoms with Crippen molar-refractivity contribution >= 4 is 39.5 Å². The number of benzene rings is 3. The van der Waals surface area contributed by atoms with E-state index in [0.717, 1.165) is 38.5 Å². The SMILES string of the molecule is O=C(c1cccc(I)c1)N(Cc1ccccc1)Cc1nc2ccccc2n1CC1CC1. The second-order valence-corrected chi connectivity index (χ2v) is 9.47. The molecule has 0 spiro atoms. The van der Waals surface area contributed by atoms with Crippen LogP contribution in [0, 0.1) is 9.49 Å². The maximum Gasteiger partial charge on any atom is 0.254 e. The van der Waals surface area contributed by atoms with Crippen LogP contribution in [0.4, 0.5) is 0 Å². The second-order valence-electron chi connectivity index (χ2n) is 8.23. The highest BCUT2D eigenvalue weighted by molar-refractivity contribution is 14.1. The minimum atomic E-state index is 0.0346. The summed E-state index contributed by atoms with van der Waals surface area (Å²) in [5.74, 6) is 1.72. The molecule has 0 atom stereocenters. The average molecular weight is 521 g/mol. The standard InChI is InChI=1S/C26H24IN3O/c27-22-10-6-9-21(15-22)26(31)29(16-19-7-2-1-3-8-19)18-25-28-23-11-4-5-12-24(23)30(25)17-20-13-14-20/h1-12,15,20H,13-14,16-18H2. The summed E-state index contributed by atoms with van der Waals surface area (Å²) in [4.78, 5) is 20.4. The number of rotatable bonds is 7. The third-order valence-corrected chi connectivity index (χ3v) is 6.45. The topological polar surface area (TPSA) is 38.1 Å². The maximum atomic E-state index is 13.6. The summed E-state index contributed by atoms with van der Waals surface area (Å²) in [7, 11) is 0. The van der Waals surface area contributed by atoms with Gasteiger partial charge in [0.2, 0.25) is 0 Å². The van der Waals surface area contributed by atoms with E-state index in [1.54, 1.807) is 0 Å². The van der Waals surface area contributed by atoms with Gasteiger partial charge < -0.3 is 9.47 Å². The van der Waals surface area contributed by atoms with Crippen LogP contribution >= 0.6 is 22.6 Å². The number of fused-ring (bicyclic) bond motifs is 1. The highest BCUT2D eigenvalue weighted by Gasteiger charge is 2.26. The molecule has 1 amide bonds. The van der Waals surface area contributed by atoms with Crippen molar-refractivity contribution in [2.45, 2.75) is 32.5 Å². The summed E-state index contributed by atoms with van der Waals surface area (Å²) in [6.45, 7) is 2.02. The molecule has 0 radical (unpaired) electrons. The molecule has 0 saturated heterocycles. The van der Waals surface area contributed by atoms with E-state index in [1.807, 2.05) is 53.4 Å². The van der Waals surface area contributed by atoms with Gasteiger partial charge in [0.05, 0.1) is 17.6 Å². The number of nitrogens with zero attached hydrogens (tertiary/aromatic N) is 3. The minimum Gasteiger partial charge on any atom is -0.327 e. The molecule has 0 aliphatic heterocycles. The number of halogens is 1. The van der Waals surface area contributed by atoms with Crippen LogP contribution in [0.5, 0.6) is 0 Å². The molecular formula is C26H24IN3O. The molecule has 1 fully saturated rings. The monoisotopic (exact) mass is 521 g/mol. The van der Waals surface area contributed by atoms with Crippen LogP contribution in [-0.4, -0.2) is 20.4 Å². The maximum absolute atomic E-state index is 13.6. The first-order valence-electron chi connectivity index (χ1n) is 10.7. The zero-order valence-corrected chi connectivity index (χ0v) is 19.4. The fourth-order valence-electron chi connectivity index (χ4n) is 3.99. The first kappa shape index (κ1) is 20.2. The van der Waals surface area contributed by atoms with E-state index < -0.39 is 0 Å². The highest BCUT2D eigenvalue weighted by Crippen LogP contribution is 2.33. The Hall–Kier alpha value is -2.67. The Morgan fingerprint density at radius 3 is 2.52 bits per heavy atom. The molecule has 0 unspecified atom stereocenters. The van der Waals surface area contributed by atoms with Gasteiger partial charge in [0.15, 0.2) is 0 Å². The number of amides is 1. The van der Waals surface area contributed by atoms with Crippen molar-refractivity contribution in [3.63, 3.8) is 0 Å². The molecule has 156 valence electrons. The minimum absolute atomic E-state index is 0.0346. The molecule has 4 aromatic rings. The van der Waals surface area contributed by atoms with Gasteiger partial charge in [-0.3, -0.25) is 4.79 Å². The quantitative estimate of drug-likeness (QED) is 0.285. The third-order valence-electron chi connectivity index (χ3n) is 5.78. The number of carbonyl (C=O) groups excluding carboxylic acids is 1. The van der Waals surface area contributed by atoms with Crippen molar-refractivity contribution in [1.29, 1.82) is 0 Å². The molecule has 1 aliphatic carbocycles. The second kappa shape index (κ2) is 8.83. The van der Waals surface area contributed by atoms with Crippen LogP contribution in [-0.2, 0) is 19.6 Å². The lowest BCUT2D eigenvalue weighted by Crippen LogP contribution is -2.31. The number of aromatic nitrogens is 2. The fourth-order valence-corrected chi connectivity index (χ4v) is 4.53. The summed E-state index contributed by atoms with van der Waals surface area (Å²) in [6.07, 6.45) is 2.56. The highest BCUT2D eigenvalue weighted by atomic mass is 127. The van der Waals surface area contributed by atoms with E-state index in [1.165, 1.54) is 12.8 Å². The van der Waals surface area contributed by atoms with Gasteiger partial charge in [0.1, 0.15) is 5.82 Å². The van der Waals surface area contributed by atoms with Gasteiger partial charge in [0.25, 0.3) is 5.91 Å². The van der Waals surface area contributed by atoms with E-state index in [9.17, 15) is 4.79 Å². The Bertz CT molecular complexity index is 1210. The molecule has 5 heteroatoms. The van der Waals surface area contributed by atoms with E-state index in [-0.39, 0.29) is 5.91 Å². The Morgan fingerprint density at radius 2 is 1.74 bits per heavy atom. The number of carbonyl (C=O) groups is 1. The number of para-hydroxylation sites is 2. The van der Waals surface area contributed by atoms with Gasteiger partial charge in [0, 0.05) is 22.2 Å². The first-order valence-corrected chi connectivity index (χ1v) is 11.8. The van der Waals surface area contributed by atoms with Crippen LogP contribution in [0.15, 0.2) is 78.9 Å². The molecule has 1 aliphatic rings. The molecule has 0 N–H and O–H groups in total.